The molecule has 0 aliphatic carbocycles. The van der Waals surface area contributed by atoms with E-state index in [2.05, 4.69) is 15.4 Å². The van der Waals surface area contributed by atoms with Crippen molar-refractivity contribution in [1.29, 1.82) is 0 Å². The van der Waals surface area contributed by atoms with Gasteiger partial charge in [0.25, 0.3) is 17.5 Å². The number of nitro groups is 1. The van der Waals surface area contributed by atoms with Crippen LogP contribution in [-0.4, -0.2) is 41.9 Å². The Labute approximate surface area is 176 Å². The van der Waals surface area contributed by atoms with E-state index < -0.39 is 41.9 Å². The Hall–Kier alpha value is -4.28. The number of carbonyl (C=O) groups excluding carboxylic acids is 4. The smallest absolute Gasteiger partial charge is 0.325 e. The fourth-order valence-electron chi connectivity index (χ4n) is 2.36. The van der Waals surface area contributed by atoms with Gasteiger partial charge < -0.3 is 15.4 Å². The summed E-state index contributed by atoms with van der Waals surface area (Å²) in [4.78, 5) is 57.3. The maximum atomic E-state index is 12.0. The van der Waals surface area contributed by atoms with Gasteiger partial charge in [0.15, 0.2) is 6.61 Å². The lowest BCUT2D eigenvalue weighted by Gasteiger charge is -2.09. The van der Waals surface area contributed by atoms with Gasteiger partial charge in [-0.1, -0.05) is 12.1 Å². The van der Waals surface area contributed by atoms with Gasteiger partial charge in [0.05, 0.1) is 4.92 Å². The van der Waals surface area contributed by atoms with E-state index in [1.165, 1.54) is 18.2 Å². The number of nitrogens with zero attached hydrogens (tertiary/aromatic N) is 1. The highest BCUT2D eigenvalue weighted by atomic mass is 16.6. The molecule has 4 amide bonds. The SMILES string of the molecule is Cc1ccc(NC(=O)NC(=O)COC(=O)CNC(=O)c2cccc([N+](=O)[O-])c2)cc1C. The number of aryl methyl sites for hydroxylation is 2. The van der Waals surface area contributed by atoms with Crippen LogP contribution in [0.1, 0.15) is 21.5 Å². The third-order valence-corrected chi connectivity index (χ3v) is 4.09. The summed E-state index contributed by atoms with van der Waals surface area (Å²) in [7, 11) is 0. The molecule has 2 aromatic rings. The van der Waals surface area contributed by atoms with Crippen molar-refractivity contribution in [2.24, 2.45) is 0 Å². The lowest BCUT2D eigenvalue weighted by molar-refractivity contribution is -0.384. The number of benzene rings is 2. The zero-order chi connectivity index (χ0) is 23.0. The zero-order valence-corrected chi connectivity index (χ0v) is 16.8. The molecule has 0 unspecified atom stereocenters. The summed E-state index contributed by atoms with van der Waals surface area (Å²) in [6, 6.07) is 9.40. The molecule has 0 aliphatic heterocycles. The van der Waals surface area contributed by atoms with Crippen LogP contribution in [0.15, 0.2) is 42.5 Å². The molecule has 2 aromatic carbocycles. The first kappa shape index (κ1) is 23.0. The fraction of sp³-hybridized carbons (Fsp3) is 0.200. The number of rotatable bonds is 7. The zero-order valence-electron chi connectivity index (χ0n) is 16.8. The number of urea groups is 1. The van der Waals surface area contributed by atoms with Crippen LogP contribution in [-0.2, 0) is 14.3 Å². The van der Waals surface area contributed by atoms with Crippen LogP contribution in [0.4, 0.5) is 16.2 Å². The molecular formula is C20H20N4O7. The Morgan fingerprint density at radius 3 is 2.45 bits per heavy atom. The molecule has 0 fully saturated rings. The molecule has 0 aromatic heterocycles. The Kier molecular flexibility index (Phi) is 7.78. The molecule has 162 valence electrons. The van der Waals surface area contributed by atoms with Crippen LogP contribution >= 0.6 is 0 Å². The number of carbonyl (C=O) groups is 4. The molecule has 3 N–H and O–H groups in total. The number of non-ortho nitro benzene ring substituents is 1. The van der Waals surface area contributed by atoms with E-state index >= 15 is 0 Å². The van der Waals surface area contributed by atoms with Crippen LogP contribution < -0.4 is 16.0 Å². The van der Waals surface area contributed by atoms with Gasteiger partial charge in [-0.05, 0) is 43.2 Å². The normalized spacial score (nSPS) is 10.0. The lowest BCUT2D eigenvalue weighted by atomic mass is 10.1. The van der Waals surface area contributed by atoms with Gasteiger partial charge in [0.2, 0.25) is 0 Å². The second-order valence-electron chi connectivity index (χ2n) is 6.45. The summed E-state index contributed by atoms with van der Waals surface area (Å²) in [6.07, 6.45) is 0. The molecule has 0 atom stereocenters. The van der Waals surface area contributed by atoms with Crippen molar-refractivity contribution in [2.45, 2.75) is 13.8 Å². The van der Waals surface area contributed by atoms with Gasteiger partial charge in [-0.3, -0.25) is 29.8 Å². The fourth-order valence-corrected chi connectivity index (χ4v) is 2.36. The highest BCUT2D eigenvalue weighted by Gasteiger charge is 2.15. The highest BCUT2D eigenvalue weighted by Crippen LogP contribution is 2.14. The summed E-state index contributed by atoms with van der Waals surface area (Å²) in [5.74, 6) is -2.51. The number of hydrogen-bond acceptors (Lipinski definition) is 7. The van der Waals surface area contributed by atoms with Crippen LogP contribution in [0.2, 0.25) is 0 Å². The molecule has 2 rings (SSSR count). The van der Waals surface area contributed by atoms with E-state index in [0.29, 0.717) is 5.69 Å². The number of ether oxygens (including phenoxy) is 1. The first-order valence-corrected chi connectivity index (χ1v) is 9.02. The average molecular weight is 428 g/mol. The summed E-state index contributed by atoms with van der Waals surface area (Å²) in [5, 5.41) is 17.4. The molecule has 0 bridgehead atoms. The molecule has 31 heavy (non-hydrogen) atoms. The van der Waals surface area contributed by atoms with Crippen molar-refractivity contribution < 1.29 is 28.8 Å². The van der Waals surface area contributed by atoms with Crippen LogP contribution in [0.3, 0.4) is 0 Å². The summed E-state index contributed by atoms with van der Waals surface area (Å²) in [5.41, 5.74) is 2.22. The first-order chi connectivity index (χ1) is 14.7. The van der Waals surface area contributed by atoms with E-state index in [-0.39, 0.29) is 11.3 Å². The Bertz CT molecular complexity index is 1040. The summed E-state index contributed by atoms with van der Waals surface area (Å²) < 4.78 is 4.68. The second kappa shape index (κ2) is 10.5. The number of nitro benzene ring substituents is 1. The average Bonchev–Trinajstić information content (AvgIpc) is 2.73. The van der Waals surface area contributed by atoms with Gasteiger partial charge in [0.1, 0.15) is 6.54 Å². The molecular weight excluding hydrogens is 408 g/mol. The molecule has 0 saturated carbocycles. The quantitative estimate of drug-likeness (QED) is 0.345. The lowest BCUT2D eigenvalue weighted by Crippen LogP contribution is -2.38. The third kappa shape index (κ3) is 7.24. The van der Waals surface area contributed by atoms with Crippen molar-refractivity contribution >= 4 is 35.2 Å². The number of hydrogen-bond donors (Lipinski definition) is 3. The second-order valence-corrected chi connectivity index (χ2v) is 6.45. The molecule has 0 aliphatic rings. The minimum Gasteiger partial charge on any atom is -0.454 e. The number of anilines is 1. The van der Waals surface area contributed by atoms with Crippen LogP contribution in [0.25, 0.3) is 0 Å². The van der Waals surface area contributed by atoms with Crippen LogP contribution in [0, 0.1) is 24.0 Å². The highest BCUT2D eigenvalue weighted by molar-refractivity contribution is 6.02. The van der Waals surface area contributed by atoms with E-state index in [1.807, 2.05) is 25.2 Å². The third-order valence-electron chi connectivity index (χ3n) is 4.09. The Morgan fingerprint density at radius 1 is 1.03 bits per heavy atom. The van der Waals surface area contributed by atoms with E-state index in [9.17, 15) is 29.3 Å². The van der Waals surface area contributed by atoms with Gasteiger partial charge >= 0.3 is 12.0 Å². The number of nitrogens with one attached hydrogen (secondary N) is 3. The van der Waals surface area contributed by atoms with Gasteiger partial charge in [-0.15, -0.1) is 0 Å². The van der Waals surface area contributed by atoms with E-state index in [1.54, 1.807) is 12.1 Å². The maximum absolute atomic E-state index is 12.0. The molecule has 0 heterocycles. The van der Waals surface area contributed by atoms with Crippen molar-refractivity contribution in [3.63, 3.8) is 0 Å². The van der Waals surface area contributed by atoms with Crippen LogP contribution in [0.5, 0.6) is 0 Å². The van der Waals surface area contributed by atoms with Crippen molar-refractivity contribution in [1.82, 2.24) is 10.6 Å². The topological polar surface area (TPSA) is 157 Å². The summed E-state index contributed by atoms with van der Waals surface area (Å²) >= 11 is 0. The predicted octanol–water partition coefficient (Wildman–Crippen LogP) is 1.83. The number of imide groups is 1. The predicted molar refractivity (Wildman–Crippen MR) is 109 cm³/mol. The van der Waals surface area contributed by atoms with Crippen molar-refractivity contribution in [3.05, 3.63) is 69.3 Å². The van der Waals surface area contributed by atoms with Crippen molar-refractivity contribution in [3.8, 4) is 0 Å². The standard InChI is InChI=1S/C20H20N4O7/c1-12-6-7-15(8-13(12)2)22-20(28)23-17(25)11-31-18(26)10-21-19(27)14-4-3-5-16(9-14)24(29)30/h3-9H,10-11H2,1-2H3,(H,21,27)(H2,22,23,25,28). The minimum atomic E-state index is -0.927. The maximum Gasteiger partial charge on any atom is 0.325 e. The molecule has 0 radical (unpaired) electrons. The van der Waals surface area contributed by atoms with E-state index in [0.717, 1.165) is 17.2 Å². The molecule has 11 nitrogen and oxygen atoms in total. The van der Waals surface area contributed by atoms with Gasteiger partial charge in [0, 0.05) is 23.4 Å². The number of amides is 4. The van der Waals surface area contributed by atoms with Gasteiger partial charge in [-0.2, -0.15) is 0 Å². The molecule has 0 saturated heterocycles. The largest absolute Gasteiger partial charge is 0.454 e. The molecule has 0 spiro atoms. The van der Waals surface area contributed by atoms with Crippen molar-refractivity contribution in [2.75, 3.05) is 18.5 Å². The van der Waals surface area contributed by atoms with Gasteiger partial charge in [-0.25, -0.2) is 4.79 Å². The van der Waals surface area contributed by atoms with E-state index in [4.69, 9.17) is 0 Å². The monoisotopic (exact) mass is 428 g/mol. The minimum absolute atomic E-state index is 0.0113. The Balaban J connectivity index is 1.73. The molecule has 11 heteroatoms. The first-order valence-electron chi connectivity index (χ1n) is 9.02. The Morgan fingerprint density at radius 2 is 1.77 bits per heavy atom. The number of esters is 1. The summed E-state index contributed by atoms with van der Waals surface area (Å²) in [6.45, 7) is 2.50.